The van der Waals surface area contributed by atoms with Gasteiger partial charge in [-0.1, -0.05) is 43.2 Å². The van der Waals surface area contributed by atoms with E-state index < -0.39 is 0 Å². The fraction of sp³-hybridized carbons (Fsp3) is 0.333. The first kappa shape index (κ1) is 9.83. The lowest BCUT2D eigenvalue weighted by atomic mass is 10.0. The van der Waals surface area contributed by atoms with Crippen LogP contribution < -0.4 is 5.32 Å². The second-order valence-electron chi connectivity index (χ2n) is 3.15. The van der Waals surface area contributed by atoms with Gasteiger partial charge in [0.2, 0.25) is 0 Å². The van der Waals surface area contributed by atoms with Crippen molar-refractivity contribution in [1.82, 2.24) is 5.32 Å². The van der Waals surface area contributed by atoms with Gasteiger partial charge in [0.1, 0.15) is 0 Å². The fourth-order valence-corrected chi connectivity index (χ4v) is 1.26. The summed E-state index contributed by atoms with van der Waals surface area (Å²) < 4.78 is 0. The summed E-state index contributed by atoms with van der Waals surface area (Å²) in [6, 6.07) is 10.4. The Morgan fingerprint density at radius 1 is 1.38 bits per heavy atom. The molecule has 0 saturated heterocycles. The highest BCUT2D eigenvalue weighted by atomic mass is 14.8. The van der Waals surface area contributed by atoms with Gasteiger partial charge in [-0.3, -0.25) is 0 Å². The van der Waals surface area contributed by atoms with E-state index in [2.05, 4.69) is 42.4 Å². The number of rotatable bonds is 4. The Morgan fingerprint density at radius 2 is 2.08 bits per heavy atom. The van der Waals surface area contributed by atoms with Gasteiger partial charge >= 0.3 is 0 Å². The summed E-state index contributed by atoms with van der Waals surface area (Å²) >= 11 is 0. The largest absolute Gasteiger partial charge is 0.306 e. The Labute approximate surface area is 80.2 Å². The molecule has 0 aromatic heterocycles. The number of hydrogen-bond acceptors (Lipinski definition) is 1. The molecule has 1 N–H and O–H groups in total. The van der Waals surface area contributed by atoms with Gasteiger partial charge in [0.05, 0.1) is 6.54 Å². The molecular weight excluding hydrogens is 158 g/mol. The molecule has 0 unspecified atom stereocenters. The van der Waals surface area contributed by atoms with E-state index in [0.29, 0.717) is 12.5 Å². The Balaban J connectivity index is 2.41. The van der Waals surface area contributed by atoms with Gasteiger partial charge in [0.15, 0.2) is 0 Å². The van der Waals surface area contributed by atoms with Crippen molar-refractivity contribution in [1.29, 1.82) is 0 Å². The summed E-state index contributed by atoms with van der Waals surface area (Å²) in [4.78, 5) is 0. The number of hydrogen-bond donors (Lipinski definition) is 1. The normalized spacial score (nSPS) is 12.0. The van der Waals surface area contributed by atoms with Gasteiger partial charge in [-0.25, -0.2) is 0 Å². The van der Waals surface area contributed by atoms with Crippen LogP contribution in [0.25, 0.3) is 0 Å². The van der Waals surface area contributed by atoms with Crippen LogP contribution in [0.4, 0.5) is 0 Å². The maximum atomic E-state index is 5.14. The van der Waals surface area contributed by atoms with E-state index in [-0.39, 0.29) is 0 Å². The zero-order valence-electron chi connectivity index (χ0n) is 7.96. The molecule has 1 heteroatoms. The zero-order chi connectivity index (χ0) is 9.52. The number of benzene rings is 1. The van der Waals surface area contributed by atoms with Gasteiger partial charge in [0, 0.05) is 6.54 Å². The molecule has 0 aliphatic rings. The van der Waals surface area contributed by atoms with Crippen molar-refractivity contribution in [3.63, 3.8) is 0 Å². The van der Waals surface area contributed by atoms with E-state index in [1.165, 1.54) is 5.56 Å². The van der Waals surface area contributed by atoms with Crippen LogP contribution in [-0.2, 0) is 0 Å². The first-order chi connectivity index (χ1) is 6.34. The third-order valence-corrected chi connectivity index (χ3v) is 2.05. The quantitative estimate of drug-likeness (QED) is 0.542. The van der Waals surface area contributed by atoms with Crippen LogP contribution in [0.5, 0.6) is 0 Å². The predicted molar refractivity (Wildman–Crippen MR) is 56.6 cm³/mol. The van der Waals surface area contributed by atoms with Crippen LogP contribution in [0.1, 0.15) is 18.4 Å². The van der Waals surface area contributed by atoms with Gasteiger partial charge in [0.25, 0.3) is 0 Å². The molecule has 1 aromatic carbocycles. The van der Waals surface area contributed by atoms with Crippen LogP contribution in [0.3, 0.4) is 0 Å². The highest BCUT2D eigenvalue weighted by molar-refractivity contribution is 5.18. The van der Waals surface area contributed by atoms with E-state index >= 15 is 0 Å². The molecule has 0 amide bonds. The standard InChI is InChI=1S/C12H15N/c1-3-9-13-10-11(2)12-7-5-4-6-8-12/h1,4-8,11,13H,9-10H2,2H3/t11-/m0/s1. The van der Waals surface area contributed by atoms with Crippen molar-refractivity contribution < 1.29 is 0 Å². The summed E-state index contributed by atoms with van der Waals surface area (Å²) in [6.45, 7) is 3.78. The SMILES string of the molecule is C#CCNC[C@H](C)c1ccccc1. The smallest absolute Gasteiger partial charge is 0.0574 e. The van der Waals surface area contributed by atoms with Crippen molar-refractivity contribution in [2.75, 3.05) is 13.1 Å². The van der Waals surface area contributed by atoms with Crippen molar-refractivity contribution >= 4 is 0 Å². The summed E-state index contributed by atoms with van der Waals surface area (Å²) in [6.07, 6.45) is 5.14. The van der Waals surface area contributed by atoms with Gasteiger partial charge < -0.3 is 5.32 Å². The molecular formula is C12H15N. The Kier molecular flexibility index (Phi) is 4.08. The minimum absolute atomic E-state index is 0.523. The third-order valence-electron chi connectivity index (χ3n) is 2.05. The van der Waals surface area contributed by atoms with Crippen LogP contribution in [0, 0.1) is 12.3 Å². The molecule has 0 fully saturated rings. The van der Waals surface area contributed by atoms with E-state index in [1.54, 1.807) is 0 Å². The average molecular weight is 173 g/mol. The first-order valence-electron chi connectivity index (χ1n) is 4.53. The number of terminal acetylenes is 1. The van der Waals surface area contributed by atoms with Gasteiger partial charge in [-0.05, 0) is 11.5 Å². The minimum Gasteiger partial charge on any atom is -0.306 e. The topological polar surface area (TPSA) is 12.0 Å². The molecule has 0 bridgehead atoms. The molecule has 68 valence electrons. The molecule has 0 heterocycles. The first-order valence-corrected chi connectivity index (χ1v) is 4.53. The van der Waals surface area contributed by atoms with Crippen molar-refractivity contribution in [3.8, 4) is 12.3 Å². The second-order valence-corrected chi connectivity index (χ2v) is 3.15. The summed E-state index contributed by atoms with van der Waals surface area (Å²) in [5, 5.41) is 3.20. The molecule has 1 nitrogen and oxygen atoms in total. The van der Waals surface area contributed by atoms with Gasteiger partial charge in [-0.2, -0.15) is 0 Å². The lowest BCUT2D eigenvalue weighted by Gasteiger charge is -2.11. The molecule has 0 aliphatic heterocycles. The predicted octanol–water partition coefficient (Wildman–Crippen LogP) is 2.01. The van der Waals surface area contributed by atoms with Gasteiger partial charge in [-0.15, -0.1) is 6.42 Å². The Bertz CT molecular complexity index is 271. The highest BCUT2D eigenvalue weighted by Gasteiger charge is 2.02. The van der Waals surface area contributed by atoms with E-state index in [9.17, 15) is 0 Å². The molecule has 1 atom stereocenters. The molecule has 0 spiro atoms. The van der Waals surface area contributed by atoms with Crippen LogP contribution in [0.2, 0.25) is 0 Å². The third kappa shape index (κ3) is 3.31. The van der Waals surface area contributed by atoms with Crippen LogP contribution >= 0.6 is 0 Å². The maximum Gasteiger partial charge on any atom is 0.0574 e. The monoisotopic (exact) mass is 173 g/mol. The summed E-state index contributed by atoms with van der Waals surface area (Å²) in [5.41, 5.74) is 1.35. The fourth-order valence-electron chi connectivity index (χ4n) is 1.26. The maximum absolute atomic E-state index is 5.14. The molecule has 0 radical (unpaired) electrons. The Morgan fingerprint density at radius 3 is 2.69 bits per heavy atom. The summed E-state index contributed by atoms with van der Waals surface area (Å²) in [5.74, 6) is 3.09. The Hall–Kier alpha value is -1.26. The molecule has 0 aliphatic carbocycles. The van der Waals surface area contributed by atoms with E-state index in [4.69, 9.17) is 6.42 Å². The highest BCUT2D eigenvalue weighted by Crippen LogP contribution is 2.12. The summed E-state index contributed by atoms with van der Waals surface area (Å²) in [7, 11) is 0. The lowest BCUT2D eigenvalue weighted by Crippen LogP contribution is -2.20. The minimum atomic E-state index is 0.523. The zero-order valence-corrected chi connectivity index (χ0v) is 7.96. The molecule has 13 heavy (non-hydrogen) atoms. The van der Waals surface area contributed by atoms with Crippen LogP contribution in [-0.4, -0.2) is 13.1 Å². The van der Waals surface area contributed by atoms with Crippen molar-refractivity contribution in [2.45, 2.75) is 12.8 Å². The second kappa shape index (κ2) is 5.40. The molecule has 1 rings (SSSR count). The van der Waals surface area contributed by atoms with E-state index in [0.717, 1.165) is 6.54 Å². The van der Waals surface area contributed by atoms with Crippen molar-refractivity contribution in [3.05, 3.63) is 35.9 Å². The van der Waals surface area contributed by atoms with Crippen molar-refractivity contribution in [2.24, 2.45) is 0 Å². The lowest BCUT2D eigenvalue weighted by molar-refractivity contribution is 0.656. The van der Waals surface area contributed by atoms with E-state index in [1.807, 2.05) is 6.07 Å². The molecule has 1 aromatic rings. The number of nitrogens with one attached hydrogen (secondary N) is 1. The average Bonchev–Trinajstić information content (AvgIpc) is 2.19. The van der Waals surface area contributed by atoms with Crippen LogP contribution in [0.15, 0.2) is 30.3 Å². The molecule has 0 saturated carbocycles.